The molecule has 0 aliphatic carbocycles. The minimum atomic E-state index is -4.48. The van der Waals surface area contributed by atoms with Crippen LogP contribution in [0.5, 0.6) is 0 Å². The maximum Gasteiger partial charge on any atom is 0.407 e. The molecule has 0 bridgehead atoms. The van der Waals surface area contributed by atoms with E-state index in [4.69, 9.17) is 15.6 Å². The summed E-state index contributed by atoms with van der Waals surface area (Å²) in [4.78, 5) is 41.7. The number of rotatable bonds is 7. The van der Waals surface area contributed by atoms with E-state index in [0.717, 1.165) is 0 Å². The molecule has 152 valence electrons. The lowest BCUT2D eigenvalue weighted by Crippen LogP contribution is -2.41. The smallest absolute Gasteiger partial charge is 0.407 e. The van der Waals surface area contributed by atoms with Crippen LogP contribution in [0.25, 0.3) is 0 Å². The number of nitrogen functional groups attached to an aromatic ring is 1. The van der Waals surface area contributed by atoms with Gasteiger partial charge in [0.1, 0.15) is 5.60 Å². The molecule has 0 aliphatic rings. The predicted octanol–water partition coefficient (Wildman–Crippen LogP) is 1.62. The molecule has 0 saturated heterocycles. The highest BCUT2D eigenvalue weighted by Crippen LogP contribution is 2.35. The Kier molecular flexibility index (Phi) is 7.42. The van der Waals surface area contributed by atoms with E-state index in [0.29, 0.717) is 5.56 Å². The SMILES string of the molecule is CC(CC(Cc1ccc(P(=O)(O)O)c(N)c1)NC(=O)OC(C)(C)C)C(=O)O. The third-order valence-corrected chi connectivity index (χ3v) is 4.70. The van der Waals surface area contributed by atoms with Crippen molar-refractivity contribution >= 4 is 30.7 Å². The van der Waals surface area contributed by atoms with Gasteiger partial charge in [0.25, 0.3) is 0 Å². The van der Waals surface area contributed by atoms with Crippen molar-refractivity contribution in [1.29, 1.82) is 0 Å². The molecule has 9 nitrogen and oxygen atoms in total. The summed E-state index contributed by atoms with van der Waals surface area (Å²) in [5.41, 5.74) is 5.55. The molecule has 0 heterocycles. The van der Waals surface area contributed by atoms with E-state index in [1.54, 1.807) is 20.8 Å². The number of nitrogens with one attached hydrogen (secondary N) is 1. The highest BCUT2D eigenvalue weighted by Gasteiger charge is 2.25. The van der Waals surface area contributed by atoms with Gasteiger partial charge in [-0.1, -0.05) is 13.0 Å². The average Bonchev–Trinajstić information content (AvgIpc) is 2.43. The molecule has 0 fully saturated rings. The maximum atomic E-state index is 12.1. The number of benzene rings is 1. The Morgan fingerprint density at radius 1 is 1.30 bits per heavy atom. The first kappa shape index (κ1) is 23.0. The number of amides is 1. The van der Waals surface area contributed by atoms with Crippen LogP contribution in [0.4, 0.5) is 10.5 Å². The van der Waals surface area contributed by atoms with E-state index in [1.165, 1.54) is 25.1 Å². The van der Waals surface area contributed by atoms with E-state index in [-0.39, 0.29) is 23.8 Å². The van der Waals surface area contributed by atoms with Gasteiger partial charge < -0.3 is 30.7 Å². The summed E-state index contributed by atoms with van der Waals surface area (Å²) in [6, 6.07) is 3.56. The van der Waals surface area contributed by atoms with Gasteiger partial charge >= 0.3 is 19.7 Å². The molecule has 0 radical (unpaired) electrons. The van der Waals surface area contributed by atoms with Crippen LogP contribution in [0.15, 0.2) is 18.2 Å². The fourth-order valence-corrected chi connectivity index (χ4v) is 3.15. The fourth-order valence-electron chi connectivity index (χ4n) is 2.48. The molecule has 10 heteroatoms. The Hall–Kier alpha value is -2.09. The van der Waals surface area contributed by atoms with Crippen molar-refractivity contribution < 1.29 is 33.8 Å². The van der Waals surface area contributed by atoms with Crippen LogP contribution in [0.3, 0.4) is 0 Å². The second-order valence-electron chi connectivity index (χ2n) is 7.46. The highest BCUT2D eigenvalue weighted by molar-refractivity contribution is 7.60. The minimum Gasteiger partial charge on any atom is -0.481 e. The largest absolute Gasteiger partial charge is 0.481 e. The molecule has 0 saturated carbocycles. The standard InChI is InChI=1S/C17H27N2O7P/c1-10(15(20)21)7-12(19-16(22)26-17(2,3)4)8-11-5-6-14(13(18)9-11)27(23,24)25/h5-6,9-10,12H,7-8,18H2,1-4H3,(H,19,22)(H,20,21)(H2,23,24,25). The number of carbonyl (C=O) groups is 2. The molecular weight excluding hydrogens is 375 g/mol. The maximum absolute atomic E-state index is 12.1. The van der Waals surface area contributed by atoms with Crippen LogP contribution in [-0.4, -0.2) is 38.6 Å². The molecule has 6 N–H and O–H groups in total. The van der Waals surface area contributed by atoms with E-state index in [2.05, 4.69) is 5.32 Å². The zero-order chi connectivity index (χ0) is 21.0. The van der Waals surface area contributed by atoms with E-state index in [9.17, 15) is 23.9 Å². The summed E-state index contributed by atoms with van der Waals surface area (Å²) in [7, 11) is -4.48. The number of hydrogen-bond donors (Lipinski definition) is 5. The molecular formula is C17H27N2O7P. The average molecular weight is 402 g/mol. The quantitative estimate of drug-likeness (QED) is 0.340. The number of ether oxygens (including phenoxy) is 1. The number of carboxylic acid groups (broad SMARTS) is 1. The van der Waals surface area contributed by atoms with E-state index in [1.807, 2.05) is 0 Å². The number of aliphatic carboxylic acids is 1. The first-order chi connectivity index (χ1) is 12.2. The molecule has 1 aromatic rings. The second kappa shape index (κ2) is 8.73. The van der Waals surface area contributed by atoms with E-state index >= 15 is 0 Å². The molecule has 1 amide bonds. The molecule has 2 atom stereocenters. The molecule has 1 aromatic carbocycles. The first-order valence-corrected chi connectivity index (χ1v) is 9.97. The number of carboxylic acids is 1. The summed E-state index contributed by atoms with van der Waals surface area (Å²) in [5.74, 6) is -1.71. The van der Waals surface area contributed by atoms with E-state index < -0.39 is 37.2 Å². The van der Waals surface area contributed by atoms with Crippen molar-refractivity contribution in [3.63, 3.8) is 0 Å². The van der Waals surface area contributed by atoms with Gasteiger partial charge in [-0.15, -0.1) is 0 Å². The van der Waals surface area contributed by atoms with Crippen LogP contribution in [0.1, 0.15) is 39.7 Å². The molecule has 0 spiro atoms. The highest BCUT2D eigenvalue weighted by atomic mass is 31.2. The molecule has 27 heavy (non-hydrogen) atoms. The normalized spacial score (nSPS) is 14.3. The van der Waals surface area contributed by atoms with Gasteiger partial charge in [-0.05, 0) is 51.3 Å². The number of anilines is 1. The Morgan fingerprint density at radius 3 is 2.33 bits per heavy atom. The monoisotopic (exact) mass is 402 g/mol. The van der Waals surface area contributed by atoms with Crippen LogP contribution in [0.2, 0.25) is 0 Å². The summed E-state index contributed by atoms with van der Waals surface area (Å²) in [6.45, 7) is 6.66. The van der Waals surface area contributed by atoms with Gasteiger partial charge in [0.05, 0.1) is 11.2 Å². The zero-order valence-corrected chi connectivity index (χ0v) is 16.7. The molecule has 0 aromatic heterocycles. The number of alkyl carbamates (subject to hydrolysis) is 1. The van der Waals surface area contributed by atoms with Crippen molar-refractivity contribution in [2.24, 2.45) is 5.92 Å². The Labute approximate surface area is 158 Å². The Balaban J connectivity index is 2.99. The minimum absolute atomic E-state index is 0.0665. The van der Waals surface area contributed by atoms with Crippen LogP contribution in [0, 0.1) is 5.92 Å². The first-order valence-electron chi connectivity index (χ1n) is 8.36. The Bertz CT molecular complexity index is 739. The van der Waals surface area contributed by atoms with Crippen molar-refractivity contribution in [3.8, 4) is 0 Å². The van der Waals surface area contributed by atoms with Gasteiger partial charge in [0.2, 0.25) is 0 Å². The van der Waals surface area contributed by atoms with Crippen molar-refractivity contribution in [1.82, 2.24) is 5.32 Å². The summed E-state index contributed by atoms with van der Waals surface area (Å²) in [5, 5.41) is 11.5. The van der Waals surface area contributed by atoms with Gasteiger partial charge in [-0.3, -0.25) is 9.36 Å². The number of nitrogens with two attached hydrogens (primary N) is 1. The summed E-state index contributed by atoms with van der Waals surface area (Å²) < 4.78 is 16.6. The van der Waals surface area contributed by atoms with Gasteiger partial charge in [0.15, 0.2) is 0 Å². The zero-order valence-electron chi connectivity index (χ0n) is 15.8. The fraction of sp³-hybridized carbons (Fsp3) is 0.529. The molecule has 0 aliphatic heterocycles. The Morgan fingerprint density at radius 2 is 1.89 bits per heavy atom. The van der Waals surface area contributed by atoms with Crippen molar-refractivity contribution in [3.05, 3.63) is 23.8 Å². The third kappa shape index (κ3) is 7.99. The van der Waals surface area contributed by atoms with Gasteiger partial charge in [-0.25, -0.2) is 4.79 Å². The lowest BCUT2D eigenvalue weighted by Gasteiger charge is -2.25. The van der Waals surface area contributed by atoms with Crippen molar-refractivity contribution in [2.75, 3.05) is 5.73 Å². The predicted molar refractivity (Wildman–Crippen MR) is 101 cm³/mol. The summed E-state index contributed by atoms with van der Waals surface area (Å²) >= 11 is 0. The van der Waals surface area contributed by atoms with Crippen LogP contribution < -0.4 is 16.4 Å². The lowest BCUT2D eigenvalue weighted by molar-refractivity contribution is -0.141. The topological polar surface area (TPSA) is 159 Å². The third-order valence-electron chi connectivity index (χ3n) is 3.67. The molecule has 1 rings (SSSR count). The number of hydrogen-bond acceptors (Lipinski definition) is 5. The lowest BCUT2D eigenvalue weighted by atomic mass is 9.96. The van der Waals surface area contributed by atoms with Crippen LogP contribution >= 0.6 is 7.60 Å². The number of carbonyl (C=O) groups excluding carboxylic acids is 1. The van der Waals surface area contributed by atoms with Crippen molar-refractivity contribution in [2.45, 2.75) is 52.2 Å². The second-order valence-corrected chi connectivity index (χ2v) is 9.03. The summed E-state index contributed by atoms with van der Waals surface area (Å²) in [6.07, 6.45) is -0.304. The molecule has 2 unspecified atom stereocenters. The van der Waals surface area contributed by atoms with Gasteiger partial charge in [-0.2, -0.15) is 0 Å². The van der Waals surface area contributed by atoms with Crippen LogP contribution in [-0.2, 0) is 20.5 Å². The van der Waals surface area contributed by atoms with Gasteiger partial charge in [0, 0.05) is 11.7 Å².